The molecule has 0 heterocycles. The van der Waals surface area contributed by atoms with Crippen LogP contribution < -0.4 is 10.5 Å². The highest BCUT2D eigenvalue weighted by Gasteiger charge is 2.21. The van der Waals surface area contributed by atoms with E-state index in [0.29, 0.717) is 0 Å². The minimum Gasteiger partial charge on any atom is -0.449 e. The Morgan fingerprint density at radius 3 is 2.50 bits per heavy atom. The standard InChI is InChI=1S/C11H13ClN2O5S/c1-6(10(13)15)19-11(16)7-3-4-8(12)9(5-7)20(17,18)14-2/h3-6,14H,1-2H3,(H2,13,15). The van der Waals surface area contributed by atoms with Crippen LogP contribution in [0.5, 0.6) is 0 Å². The largest absolute Gasteiger partial charge is 0.449 e. The molecule has 1 amide bonds. The van der Waals surface area contributed by atoms with Crippen molar-refractivity contribution in [2.75, 3.05) is 7.05 Å². The molecule has 9 heteroatoms. The summed E-state index contributed by atoms with van der Waals surface area (Å²) in [4.78, 5) is 22.3. The monoisotopic (exact) mass is 320 g/mol. The summed E-state index contributed by atoms with van der Waals surface area (Å²) in [6.07, 6.45) is -1.12. The summed E-state index contributed by atoms with van der Waals surface area (Å²) in [5.74, 6) is -1.68. The van der Waals surface area contributed by atoms with E-state index < -0.39 is 28.0 Å². The lowest BCUT2D eigenvalue weighted by molar-refractivity contribution is -0.125. The molecule has 0 spiro atoms. The van der Waals surface area contributed by atoms with Crippen molar-refractivity contribution in [3.8, 4) is 0 Å². The zero-order chi connectivity index (χ0) is 15.5. The Balaban J connectivity index is 3.13. The molecule has 0 bridgehead atoms. The number of benzene rings is 1. The number of amides is 1. The van der Waals surface area contributed by atoms with E-state index in [1.54, 1.807) is 0 Å². The molecular formula is C11H13ClN2O5S. The summed E-state index contributed by atoms with van der Waals surface area (Å²) in [6, 6.07) is 3.59. The van der Waals surface area contributed by atoms with E-state index in [4.69, 9.17) is 22.1 Å². The third-order valence-electron chi connectivity index (χ3n) is 2.41. The number of carbonyl (C=O) groups is 2. The molecule has 0 aliphatic carbocycles. The molecule has 20 heavy (non-hydrogen) atoms. The second-order valence-electron chi connectivity index (χ2n) is 3.80. The highest BCUT2D eigenvalue weighted by molar-refractivity contribution is 7.89. The molecule has 110 valence electrons. The molecule has 1 aromatic rings. The van der Waals surface area contributed by atoms with Crippen molar-refractivity contribution in [3.05, 3.63) is 28.8 Å². The first-order valence-electron chi connectivity index (χ1n) is 5.42. The maximum Gasteiger partial charge on any atom is 0.338 e. The van der Waals surface area contributed by atoms with Crippen LogP contribution in [-0.4, -0.2) is 33.4 Å². The maximum atomic E-state index is 11.8. The molecule has 3 N–H and O–H groups in total. The minimum absolute atomic E-state index is 0.0427. The van der Waals surface area contributed by atoms with Gasteiger partial charge < -0.3 is 10.5 Å². The fourth-order valence-electron chi connectivity index (χ4n) is 1.23. The van der Waals surface area contributed by atoms with Crippen molar-refractivity contribution >= 4 is 33.5 Å². The Morgan fingerprint density at radius 1 is 1.40 bits per heavy atom. The van der Waals surface area contributed by atoms with Gasteiger partial charge in [0.15, 0.2) is 6.10 Å². The summed E-state index contributed by atoms with van der Waals surface area (Å²) >= 11 is 5.77. The van der Waals surface area contributed by atoms with Crippen LogP contribution in [-0.2, 0) is 19.6 Å². The average Bonchev–Trinajstić information content (AvgIpc) is 2.38. The molecule has 1 unspecified atom stereocenters. The number of halogens is 1. The number of primary amides is 1. The molecule has 0 aliphatic heterocycles. The van der Waals surface area contributed by atoms with Gasteiger partial charge in [0.1, 0.15) is 4.90 Å². The Labute approximate surface area is 121 Å². The lowest BCUT2D eigenvalue weighted by Gasteiger charge is -2.11. The molecule has 1 atom stereocenters. The van der Waals surface area contributed by atoms with Crippen LogP contribution in [0.3, 0.4) is 0 Å². The second-order valence-corrected chi connectivity index (χ2v) is 6.06. The normalized spacial score (nSPS) is 12.8. The van der Waals surface area contributed by atoms with Gasteiger partial charge in [-0.25, -0.2) is 17.9 Å². The number of ether oxygens (including phenoxy) is 1. The summed E-state index contributed by atoms with van der Waals surface area (Å²) < 4.78 is 30.3. The molecule has 0 radical (unpaired) electrons. The predicted octanol–water partition coefficient (Wildman–Crippen LogP) is 0.279. The highest BCUT2D eigenvalue weighted by Crippen LogP contribution is 2.23. The van der Waals surface area contributed by atoms with Gasteiger partial charge in [-0.3, -0.25) is 4.79 Å². The average molecular weight is 321 g/mol. The van der Waals surface area contributed by atoms with E-state index >= 15 is 0 Å². The van der Waals surface area contributed by atoms with Gasteiger partial charge in [0.25, 0.3) is 5.91 Å². The molecule has 0 saturated heterocycles. The van der Waals surface area contributed by atoms with Crippen LogP contribution in [0, 0.1) is 0 Å². The Bertz CT molecular complexity index is 644. The Kier molecular flexibility index (Phi) is 5.09. The molecule has 0 saturated carbocycles. The number of rotatable bonds is 5. The van der Waals surface area contributed by atoms with Crippen molar-refractivity contribution in [2.45, 2.75) is 17.9 Å². The molecular weight excluding hydrogens is 308 g/mol. The second kappa shape index (κ2) is 6.21. The van der Waals surface area contributed by atoms with Gasteiger partial charge in [-0.2, -0.15) is 0 Å². The van der Waals surface area contributed by atoms with Gasteiger partial charge in [0.2, 0.25) is 10.0 Å². The zero-order valence-corrected chi connectivity index (χ0v) is 12.3. The summed E-state index contributed by atoms with van der Waals surface area (Å²) in [6.45, 7) is 1.31. The van der Waals surface area contributed by atoms with Gasteiger partial charge in [0.05, 0.1) is 10.6 Å². The number of carbonyl (C=O) groups excluding carboxylic acids is 2. The van der Waals surface area contributed by atoms with Crippen molar-refractivity contribution < 1.29 is 22.7 Å². The van der Waals surface area contributed by atoms with E-state index in [-0.39, 0.29) is 15.5 Å². The van der Waals surface area contributed by atoms with E-state index in [9.17, 15) is 18.0 Å². The third kappa shape index (κ3) is 3.69. The first-order valence-corrected chi connectivity index (χ1v) is 7.28. The van der Waals surface area contributed by atoms with E-state index in [0.717, 1.165) is 6.07 Å². The molecule has 1 aromatic carbocycles. The smallest absolute Gasteiger partial charge is 0.338 e. The molecule has 0 aromatic heterocycles. The minimum atomic E-state index is -3.81. The summed E-state index contributed by atoms with van der Waals surface area (Å²) in [5, 5.41) is -0.0427. The van der Waals surface area contributed by atoms with Crippen molar-refractivity contribution in [1.82, 2.24) is 4.72 Å². The Morgan fingerprint density at radius 2 is 2.00 bits per heavy atom. The molecule has 1 rings (SSSR count). The number of hydrogen-bond donors (Lipinski definition) is 2. The molecule has 7 nitrogen and oxygen atoms in total. The first-order chi connectivity index (χ1) is 9.19. The topological polar surface area (TPSA) is 116 Å². The fourth-order valence-corrected chi connectivity index (χ4v) is 2.48. The Hall–Kier alpha value is -1.64. The first kappa shape index (κ1) is 16.4. The third-order valence-corrected chi connectivity index (χ3v) is 4.31. The summed E-state index contributed by atoms with van der Waals surface area (Å²) in [5.41, 5.74) is 4.91. The number of esters is 1. The van der Waals surface area contributed by atoms with E-state index in [1.165, 1.54) is 26.1 Å². The van der Waals surface area contributed by atoms with Gasteiger partial charge in [-0.1, -0.05) is 11.6 Å². The van der Waals surface area contributed by atoms with Crippen LogP contribution in [0.1, 0.15) is 17.3 Å². The van der Waals surface area contributed by atoms with Gasteiger partial charge >= 0.3 is 5.97 Å². The number of nitrogens with two attached hydrogens (primary N) is 1. The van der Waals surface area contributed by atoms with Crippen LogP contribution in [0.15, 0.2) is 23.1 Å². The number of hydrogen-bond acceptors (Lipinski definition) is 5. The van der Waals surface area contributed by atoms with E-state index in [2.05, 4.69) is 4.72 Å². The maximum absolute atomic E-state index is 11.8. The summed E-state index contributed by atoms with van der Waals surface area (Å²) in [7, 11) is -2.60. The van der Waals surface area contributed by atoms with Gasteiger partial charge in [-0.05, 0) is 32.2 Å². The van der Waals surface area contributed by atoms with Crippen LogP contribution >= 0.6 is 11.6 Å². The van der Waals surface area contributed by atoms with Gasteiger partial charge in [-0.15, -0.1) is 0 Å². The number of nitrogens with one attached hydrogen (secondary N) is 1. The highest BCUT2D eigenvalue weighted by atomic mass is 35.5. The van der Waals surface area contributed by atoms with Gasteiger partial charge in [0, 0.05) is 0 Å². The lowest BCUT2D eigenvalue weighted by Crippen LogP contribution is -2.30. The quantitative estimate of drug-likeness (QED) is 0.756. The lowest BCUT2D eigenvalue weighted by atomic mass is 10.2. The van der Waals surface area contributed by atoms with Crippen molar-refractivity contribution in [1.29, 1.82) is 0 Å². The predicted molar refractivity (Wildman–Crippen MR) is 71.8 cm³/mol. The number of sulfonamides is 1. The molecule has 0 aliphatic rings. The van der Waals surface area contributed by atoms with E-state index in [1.807, 2.05) is 0 Å². The van der Waals surface area contributed by atoms with Crippen LogP contribution in [0.4, 0.5) is 0 Å². The zero-order valence-electron chi connectivity index (χ0n) is 10.7. The fraction of sp³-hybridized carbons (Fsp3) is 0.273. The van der Waals surface area contributed by atoms with Crippen LogP contribution in [0.2, 0.25) is 5.02 Å². The van der Waals surface area contributed by atoms with Crippen LogP contribution in [0.25, 0.3) is 0 Å². The molecule has 0 fully saturated rings. The SMILES string of the molecule is CNS(=O)(=O)c1cc(C(=O)OC(C)C(N)=O)ccc1Cl. The van der Waals surface area contributed by atoms with Crippen molar-refractivity contribution in [2.24, 2.45) is 5.73 Å². The van der Waals surface area contributed by atoms with Crippen molar-refractivity contribution in [3.63, 3.8) is 0 Å².